The molecule has 2 amide bonds. The lowest BCUT2D eigenvalue weighted by Gasteiger charge is -2.15. The van der Waals surface area contributed by atoms with E-state index in [-0.39, 0.29) is 5.91 Å². The number of rotatable bonds is 5. The maximum absolute atomic E-state index is 13.1. The molecule has 0 unspecified atom stereocenters. The number of ether oxygens (including phenoxy) is 1. The van der Waals surface area contributed by atoms with Gasteiger partial charge < -0.3 is 10.1 Å². The van der Waals surface area contributed by atoms with Gasteiger partial charge in [-0.1, -0.05) is 24.3 Å². The number of aromatic nitrogens is 2. The molecule has 2 aromatic heterocycles. The normalized spacial score (nSPS) is 10.5. The number of benzene rings is 2. The van der Waals surface area contributed by atoms with E-state index >= 15 is 0 Å². The average Bonchev–Trinajstić information content (AvgIpc) is 3.49. The smallest absolute Gasteiger partial charge is 0.413 e. The van der Waals surface area contributed by atoms with Crippen LogP contribution in [-0.2, 0) is 4.74 Å². The lowest BCUT2D eigenvalue weighted by atomic mass is 10.2. The standard InChI is InChI=1S/C23H20N4O3S/c1-26(23(29)30-2)17-12-10-16(11-13-17)24-22(28)19-15-27(18-7-4-3-5-8-18)25-21(19)20-9-6-14-31-20/h3-15H,1-2H3,(H,24,28). The number of carbonyl (C=O) groups excluding carboxylic acids is 2. The zero-order chi connectivity index (χ0) is 21.8. The minimum Gasteiger partial charge on any atom is -0.452 e. The molecule has 2 heterocycles. The number of carbonyl (C=O) groups is 2. The zero-order valence-corrected chi connectivity index (χ0v) is 17.8. The second kappa shape index (κ2) is 8.85. The van der Waals surface area contributed by atoms with Crippen LogP contribution in [0.1, 0.15) is 10.4 Å². The molecule has 0 atom stereocenters. The van der Waals surface area contributed by atoms with Crippen LogP contribution in [0.25, 0.3) is 16.3 Å². The minimum absolute atomic E-state index is 0.264. The maximum atomic E-state index is 13.1. The van der Waals surface area contributed by atoms with Crippen LogP contribution < -0.4 is 10.2 Å². The number of nitrogens with one attached hydrogen (secondary N) is 1. The van der Waals surface area contributed by atoms with Gasteiger partial charge in [-0.25, -0.2) is 9.48 Å². The molecule has 0 bridgehead atoms. The molecule has 0 aliphatic rings. The van der Waals surface area contributed by atoms with E-state index in [9.17, 15) is 9.59 Å². The van der Waals surface area contributed by atoms with E-state index in [0.717, 1.165) is 10.6 Å². The van der Waals surface area contributed by atoms with Crippen molar-refractivity contribution < 1.29 is 14.3 Å². The molecule has 156 valence electrons. The van der Waals surface area contributed by atoms with Crippen molar-refractivity contribution in [1.82, 2.24) is 9.78 Å². The number of anilines is 2. The second-order valence-electron chi connectivity index (χ2n) is 6.68. The SMILES string of the molecule is COC(=O)N(C)c1ccc(NC(=O)c2cn(-c3ccccc3)nc2-c2cccs2)cc1. The van der Waals surface area contributed by atoms with Gasteiger partial charge in [-0.3, -0.25) is 9.69 Å². The lowest BCUT2D eigenvalue weighted by Crippen LogP contribution is -2.25. The number of hydrogen-bond donors (Lipinski definition) is 1. The Hall–Kier alpha value is -3.91. The molecule has 0 radical (unpaired) electrons. The molecule has 4 rings (SSSR count). The first-order valence-electron chi connectivity index (χ1n) is 9.49. The monoisotopic (exact) mass is 432 g/mol. The Morgan fingerprint density at radius 1 is 1.03 bits per heavy atom. The van der Waals surface area contributed by atoms with E-state index in [2.05, 4.69) is 10.4 Å². The molecule has 4 aromatic rings. The van der Waals surface area contributed by atoms with Crippen molar-refractivity contribution in [2.24, 2.45) is 0 Å². The molecular formula is C23H20N4O3S. The molecule has 7 nitrogen and oxygen atoms in total. The van der Waals surface area contributed by atoms with E-state index in [1.807, 2.05) is 47.8 Å². The molecular weight excluding hydrogens is 412 g/mol. The Balaban J connectivity index is 1.61. The highest BCUT2D eigenvalue weighted by molar-refractivity contribution is 7.13. The van der Waals surface area contributed by atoms with Crippen molar-refractivity contribution in [2.45, 2.75) is 0 Å². The number of methoxy groups -OCH3 is 1. The number of nitrogens with zero attached hydrogens (tertiary/aromatic N) is 3. The summed E-state index contributed by atoms with van der Waals surface area (Å²) in [5.74, 6) is -0.264. The summed E-state index contributed by atoms with van der Waals surface area (Å²) in [7, 11) is 2.94. The number of amides is 2. The topological polar surface area (TPSA) is 76.5 Å². The van der Waals surface area contributed by atoms with Gasteiger partial charge in [-0.15, -0.1) is 11.3 Å². The molecule has 2 aromatic carbocycles. The van der Waals surface area contributed by atoms with Gasteiger partial charge in [-0.2, -0.15) is 5.10 Å². The van der Waals surface area contributed by atoms with Gasteiger partial charge >= 0.3 is 6.09 Å². The number of hydrogen-bond acceptors (Lipinski definition) is 5. The second-order valence-corrected chi connectivity index (χ2v) is 7.63. The predicted molar refractivity (Wildman–Crippen MR) is 122 cm³/mol. The zero-order valence-electron chi connectivity index (χ0n) is 17.0. The lowest BCUT2D eigenvalue weighted by molar-refractivity contribution is 0.102. The van der Waals surface area contributed by atoms with Gasteiger partial charge in [0, 0.05) is 24.6 Å². The molecule has 8 heteroatoms. The Morgan fingerprint density at radius 2 is 1.77 bits per heavy atom. The summed E-state index contributed by atoms with van der Waals surface area (Å²) in [6.07, 6.45) is 1.27. The first-order chi connectivity index (χ1) is 15.1. The summed E-state index contributed by atoms with van der Waals surface area (Å²) in [4.78, 5) is 27.0. The highest BCUT2D eigenvalue weighted by atomic mass is 32.1. The van der Waals surface area contributed by atoms with Crippen molar-refractivity contribution in [2.75, 3.05) is 24.4 Å². The summed E-state index contributed by atoms with van der Waals surface area (Å²) in [6, 6.07) is 20.5. The fourth-order valence-electron chi connectivity index (χ4n) is 3.06. The largest absolute Gasteiger partial charge is 0.452 e. The first kappa shape index (κ1) is 20.4. The molecule has 31 heavy (non-hydrogen) atoms. The van der Waals surface area contributed by atoms with Crippen molar-refractivity contribution in [1.29, 1.82) is 0 Å². The Bertz CT molecular complexity index is 1190. The molecule has 0 saturated carbocycles. The van der Waals surface area contributed by atoms with Crippen molar-refractivity contribution in [3.8, 4) is 16.3 Å². The third-order valence-electron chi connectivity index (χ3n) is 4.70. The third kappa shape index (κ3) is 4.34. The van der Waals surface area contributed by atoms with E-state index in [0.29, 0.717) is 22.6 Å². The average molecular weight is 433 g/mol. The van der Waals surface area contributed by atoms with Crippen molar-refractivity contribution in [3.05, 3.63) is 83.9 Å². The quantitative estimate of drug-likeness (QED) is 0.478. The summed E-state index contributed by atoms with van der Waals surface area (Å²) in [5.41, 5.74) is 3.23. The molecule has 0 spiro atoms. The molecule has 0 aliphatic heterocycles. The van der Waals surface area contributed by atoms with Crippen LogP contribution in [0.2, 0.25) is 0 Å². The Kier molecular flexibility index (Phi) is 5.81. The highest BCUT2D eigenvalue weighted by Crippen LogP contribution is 2.28. The number of para-hydroxylation sites is 1. The van der Waals surface area contributed by atoms with Crippen LogP contribution in [0.3, 0.4) is 0 Å². The van der Waals surface area contributed by atoms with Gasteiger partial charge in [0.05, 0.1) is 23.2 Å². The summed E-state index contributed by atoms with van der Waals surface area (Å²) in [6.45, 7) is 0. The van der Waals surface area contributed by atoms with Crippen LogP contribution in [0, 0.1) is 0 Å². The summed E-state index contributed by atoms with van der Waals surface area (Å²) < 4.78 is 6.42. The fourth-order valence-corrected chi connectivity index (χ4v) is 3.78. The minimum atomic E-state index is -0.467. The van der Waals surface area contributed by atoms with Crippen LogP contribution >= 0.6 is 11.3 Å². The predicted octanol–water partition coefficient (Wildman–Crippen LogP) is 5.06. The molecule has 1 N–H and O–H groups in total. The first-order valence-corrected chi connectivity index (χ1v) is 10.4. The van der Waals surface area contributed by atoms with E-state index < -0.39 is 6.09 Å². The van der Waals surface area contributed by atoms with Gasteiger partial charge in [0.2, 0.25) is 0 Å². The number of thiophene rings is 1. The van der Waals surface area contributed by atoms with E-state index in [4.69, 9.17) is 4.74 Å². The molecule has 0 fully saturated rings. The third-order valence-corrected chi connectivity index (χ3v) is 5.57. The van der Waals surface area contributed by atoms with Crippen molar-refractivity contribution in [3.63, 3.8) is 0 Å². The summed E-state index contributed by atoms with van der Waals surface area (Å²) in [5, 5.41) is 9.53. The Labute approximate surface area is 183 Å². The van der Waals surface area contributed by atoms with Gasteiger partial charge in [0.25, 0.3) is 5.91 Å². The van der Waals surface area contributed by atoms with Crippen LogP contribution in [-0.4, -0.2) is 35.9 Å². The van der Waals surface area contributed by atoms with Crippen molar-refractivity contribution >= 4 is 34.7 Å². The van der Waals surface area contributed by atoms with Crippen LogP contribution in [0.15, 0.2) is 78.3 Å². The van der Waals surface area contributed by atoms with Gasteiger partial charge in [-0.05, 0) is 47.8 Å². The fraction of sp³-hybridized carbons (Fsp3) is 0.0870. The maximum Gasteiger partial charge on any atom is 0.413 e. The van der Waals surface area contributed by atoms with Gasteiger partial charge in [0.1, 0.15) is 5.69 Å². The van der Waals surface area contributed by atoms with E-state index in [1.165, 1.54) is 23.3 Å². The van der Waals surface area contributed by atoms with Gasteiger partial charge in [0.15, 0.2) is 0 Å². The molecule has 0 aliphatic carbocycles. The van der Waals surface area contributed by atoms with Crippen LogP contribution in [0.4, 0.5) is 16.2 Å². The molecule has 0 saturated heterocycles. The Morgan fingerprint density at radius 3 is 2.42 bits per heavy atom. The summed E-state index contributed by atoms with van der Waals surface area (Å²) >= 11 is 1.53. The van der Waals surface area contributed by atoms with Crippen LogP contribution in [0.5, 0.6) is 0 Å². The van der Waals surface area contributed by atoms with E-state index in [1.54, 1.807) is 42.2 Å². The highest BCUT2D eigenvalue weighted by Gasteiger charge is 2.20.